The van der Waals surface area contributed by atoms with Crippen LogP contribution in [0.25, 0.3) is 10.9 Å². The third-order valence-electron chi connectivity index (χ3n) is 4.29. The average molecular weight is 507 g/mol. The standard InChI is InChI=1S/C20H20BrFN6O4/c1-11(23)6-19(29)24-4-5-32-18-9-16-13(8-17(18)28(30)31)20(26-10-25-16)27-15-3-2-12(21)7-14(15)22/h2-3,7-11H,4-6,23H2,1H3,(H,24,29)(H,25,26,27). The van der Waals surface area contributed by atoms with E-state index in [0.717, 1.165) is 0 Å². The molecule has 1 unspecified atom stereocenters. The Morgan fingerprint density at radius 3 is 2.81 bits per heavy atom. The molecule has 3 aromatic rings. The highest BCUT2D eigenvalue weighted by atomic mass is 79.9. The highest BCUT2D eigenvalue weighted by Crippen LogP contribution is 2.35. The smallest absolute Gasteiger partial charge is 0.311 e. The van der Waals surface area contributed by atoms with Gasteiger partial charge in [-0.2, -0.15) is 0 Å². The van der Waals surface area contributed by atoms with Gasteiger partial charge in [-0.25, -0.2) is 14.4 Å². The minimum atomic E-state index is -0.597. The Morgan fingerprint density at radius 2 is 2.12 bits per heavy atom. The van der Waals surface area contributed by atoms with Crippen LogP contribution < -0.4 is 21.1 Å². The number of hydrogen-bond acceptors (Lipinski definition) is 8. The number of amides is 1. The molecule has 0 saturated heterocycles. The van der Waals surface area contributed by atoms with E-state index >= 15 is 0 Å². The molecule has 0 saturated carbocycles. The lowest BCUT2D eigenvalue weighted by Crippen LogP contribution is -2.32. The van der Waals surface area contributed by atoms with Crippen molar-refractivity contribution in [2.75, 3.05) is 18.5 Å². The molecular weight excluding hydrogens is 487 g/mol. The number of halogens is 2. The van der Waals surface area contributed by atoms with Crippen molar-refractivity contribution >= 4 is 49.9 Å². The van der Waals surface area contributed by atoms with Crippen LogP contribution in [0.2, 0.25) is 0 Å². The number of fused-ring (bicyclic) bond motifs is 1. The molecule has 3 rings (SSSR count). The van der Waals surface area contributed by atoms with Crippen LogP contribution in [0, 0.1) is 15.9 Å². The Balaban J connectivity index is 1.83. The van der Waals surface area contributed by atoms with Crippen LogP contribution >= 0.6 is 15.9 Å². The molecule has 0 aliphatic rings. The number of nitro groups is 1. The third kappa shape index (κ3) is 5.86. The molecule has 0 radical (unpaired) electrons. The number of nitro benzene ring substituents is 1. The maximum atomic E-state index is 14.2. The van der Waals surface area contributed by atoms with Gasteiger partial charge in [-0.05, 0) is 25.1 Å². The van der Waals surface area contributed by atoms with Crippen molar-refractivity contribution in [2.45, 2.75) is 19.4 Å². The topological polar surface area (TPSA) is 145 Å². The van der Waals surface area contributed by atoms with Crippen molar-refractivity contribution in [1.82, 2.24) is 15.3 Å². The molecular formula is C20H20BrFN6O4. The average Bonchev–Trinajstić information content (AvgIpc) is 2.72. The maximum absolute atomic E-state index is 14.2. The van der Waals surface area contributed by atoms with Gasteiger partial charge >= 0.3 is 5.69 Å². The highest BCUT2D eigenvalue weighted by Gasteiger charge is 2.20. The summed E-state index contributed by atoms with van der Waals surface area (Å²) in [6.45, 7) is 1.88. The predicted octanol–water partition coefficient (Wildman–Crippen LogP) is 3.42. The van der Waals surface area contributed by atoms with Gasteiger partial charge in [-0.15, -0.1) is 0 Å². The minimum Gasteiger partial charge on any atom is -0.485 e. The van der Waals surface area contributed by atoms with Crippen LogP contribution in [-0.4, -0.2) is 40.0 Å². The van der Waals surface area contributed by atoms with E-state index in [1.807, 2.05) is 0 Å². The van der Waals surface area contributed by atoms with E-state index < -0.39 is 10.7 Å². The number of hydrogen-bond donors (Lipinski definition) is 3. The van der Waals surface area contributed by atoms with Gasteiger partial charge in [0.2, 0.25) is 5.91 Å². The first kappa shape index (κ1) is 23.3. The Hall–Kier alpha value is -3.38. The van der Waals surface area contributed by atoms with E-state index in [-0.39, 0.29) is 54.5 Å². The second-order valence-corrected chi connectivity index (χ2v) is 7.86. The molecule has 1 atom stereocenters. The van der Waals surface area contributed by atoms with Crippen molar-refractivity contribution in [2.24, 2.45) is 5.73 Å². The van der Waals surface area contributed by atoms with Gasteiger partial charge in [0, 0.05) is 29.1 Å². The van der Waals surface area contributed by atoms with Crippen molar-refractivity contribution < 1.29 is 18.8 Å². The second kappa shape index (κ2) is 10.3. The van der Waals surface area contributed by atoms with Crippen molar-refractivity contribution in [1.29, 1.82) is 0 Å². The number of carbonyl (C=O) groups is 1. The molecule has 10 nitrogen and oxygen atoms in total. The van der Waals surface area contributed by atoms with E-state index in [9.17, 15) is 19.3 Å². The molecule has 32 heavy (non-hydrogen) atoms. The van der Waals surface area contributed by atoms with Crippen molar-refractivity contribution in [3.8, 4) is 5.75 Å². The van der Waals surface area contributed by atoms with Gasteiger partial charge in [0.05, 0.1) is 28.1 Å². The van der Waals surface area contributed by atoms with Crippen LogP contribution in [0.1, 0.15) is 13.3 Å². The van der Waals surface area contributed by atoms with Gasteiger partial charge in [0.15, 0.2) is 5.75 Å². The number of carbonyl (C=O) groups excluding carboxylic acids is 1. The number of anilines is 2. The lowest BCUT2D eigenvalue weighted by molar-refractivity contribution is -0.385. The second-order valence-electron chi connectivity index (χ2n) is 6.95. The van der Waals surface area contributed by atoms with E-state index in [1.54, 1.807) is 13.0 Å². The molecule has 4 N–H and O–H groups in total. The minimum absolute atomic E-state index is 0.0107. The summed E-state index contributed by atoms with van der Waals surface area (Å²) >= 11 is 3.19. The fourth-order valence-electron chi connectivity index (χ4n) is 2.86. The van der Waals surface area contributed by atoms with Crippen molar-refractivity contribution in [3.63, 3.8) is 0 Å². The summed E-state index contributed by atoms with van der Waals surface area (Å²) < 4.78 is 20.3. The molecule has 0 aliphatic heterocycles. The first-order chi connectivity index (χ1) is 15.2. The summed E-state index contributed by atoms with van der Waals surface area (Å²) in [6.07, 6.45) is 1.42. The summed E-state index contributed by atoms with van der Waals surface area (Å²) in [7, 11) is 0. The number of benzene rings is 2. The molecule has 0 aliphatic carbocycles. The van der Waals surface area contributed by atoms with Gasteiger partial charge in [0.1, 0.15) is 24.6 Å². The predicted molar refractivity (Wildman–Crippen MR) is 120 cm³/mol. The Kier molecular flexibility index (Phi) is 7.49. The Morgan fingerprint density at radius 1 is 1.34 bits per heavy atom. The molecule has 2 aromatic carbocycles. The quantitative estimate of drug-likeness (QED) is 0.227. The van der Waals surface area contributed by atoms with Crippen LogP contribution in [0.5, 0.6) is 5.75 Å². The summed E-state index contributed by atoms with van der Waals surface area (Å²) in [5.41, 5.74) is 5.77. The molecule has 0 fully saturated rings. The first-order valence-electron chi connectivity index (χ1n) is 9.55. The Labute approximate surface area is 190 Å². The van der Waals surface area contributed by atoms with Crippen LogP contribution in [0.3, 0.4) is 0 Å². The van der Waals surface area contributed by atoms with Crippen LogP contribution in [0.4, 0.5) is 21.6 Å². The van der Waals surface area contributed by atoms with E-state index in [4.69, 9.17) is 10.5 Å². The fraction of sp³-hybridized carbons (Fsp3) is 0.250. The SMILES string of the molecule is CC(N)CC(=O)NCCOc1cc2ncnc(Nc3ccc(Br)cc3F)c2cc1[N+](=O)[O-]. The van der Waals surface area contributed by atoms with Gasteiger partial charge in [-0.1, -0.05) is 15.9 Å². The number of aromatic nitrogens is 2. The lowest BCUT2D eigenvalue weighted by atomic mass is 10.2. The largest absolute Gasteiger partial charge is 0.485 e. The molecule has 0 bridgehead atoms. The molecule has 168 valence electrons. The van der Waals surface area contributed by atoms with Crippen LogP contribution in [-0.2, 0) is 4.79 Å². The number of nitrogens with zero attached hydrogens (tertiary/aromatic N) is 3. The molecule has 0 spiro atoms. The first-order valence-corrected chi connectivity index (χ1v) is 10.3. The van der Waals surface area contributed by atoms with Gasteiger partial charge in [-0.3, -0.25) is 14.9 Å². The summed E-state index contributed by atoms with van der Waals surface area (Å²) in [5.74, 6) is -0.565. The zero-order valence-corrected chi connectivity index (χ0v) is 18.6. The molecule has 1 amide bonds. The van der Waals surface area contributed by atoms with Gasteiger partial charge < -0.3 is 21.1 Å². The molecule has 1 aromatic heterocycles. The summed E-state index contributed by atoms with van der Waals surface area (Å²) in [6, 6.07) is 6.84. The zero-order chi connectivity index (χ0) is 23.3. The Bertz CT molecular complexity index is 1160. The number of rotatable bonds is 9. The maximum Gasteiger partial charge on any atom is 0.311 e. The summed E-state index contributed by atoms with van der Waals surface area (Å²) in [5, 5.41) is 17.4. The zero-order valence-electron chi connectivity index (χ0n) is 17.0. The van der Waals surface area contributed by atoms with E-state index in [2.05, 4.69) is 36.5 Å². The number of nitrogens with one attached hydrogen (secondary N) is 2. The molecule has 1 heterocycles. The van der Waals surface area contributed by atoms with E-state index in [0.29, 0.717) is 15.4 Å². The lowest BCUT2D eigenvalue weighted by Gasteiger charge is -2.12. The number of ether oxygens (including phenoxy) is 1. The van der Waals surface area contributed by atoms with Gasteiger partial charge in [0.25, 0.3) is 0 Å². The van der Waals surface area contributed by atoms with Crippen LogP contribution in [0.15, 0.2) is 41.1 Å². The number of nitrogens with two attached hydrogens (primary N) is 1. The fourth-order valence-corrected chi connectivity index (χ4v) is 3.20. The third-order valence-corrected chi connectivity index (χ3v) is 4.78. The van der Waals surface area contributed by atoms with Crippen molar-refractivity contribution in [3.05, 3.63) is 57.1 Å². The van der Waals surface area contributed by atoms with E-state index in [1.165, 1.54) is 30.6 Å². The molecule has 12 heteroatoms. The normalized spacial score (nSPS) is 11.8. The summed E-state index contributed by atoms with van der Waals surface area (Å²) in [4.78, 5) is 30.9. The monoisotopic (exact) mass is 506 g/mol. The highest BCUT2D eigenvalue weighted by molar-refractivity contribution is 9.10.